The van der Waals surface area contributed by atoms with Crippen molar-refractivity contribution in [3.05, 3.63) is 12.2 Å². The van der Waals surface area contributed by atoms with Gasteiger partial charge in [-0.05, 0) is 38.0 Å². The molecule has 1 atom stereocenters. The van der Waals surface area contributed by atoms with Crippen LogP contribution >= 0.6 is 0 Å². The molecule has 1 aromatic rings. The second kappa shape index (κ2) is 7.33. The van der Waals surface area contributed by atoms with Gasteiger partial charge >= 0.3 is 0 Å². The van der Waals surface area contributed by atoms with Crippen LogP contribution in [0.4, 0.5) is 0 Å². The zero-order valence-electron chi connectivity index (χ0n) is 13.5. The molecule has 21 heavy (non-hydrogen) atoms. The molecule has 2 rings (SSSR count). The Balaban J connectivity index is 2.12. The van der Waals surface area contributed by atoms with Gasteiger partial charge in [-0.25, -0.2) is 4.98 Å². The van der Waals surface area contributed by atoms with E-state index < -0.39 is 0 Å². The summed E-state index contributed by atoms with van der Waals surface area (Å²) in [5.74, 6) is 7.61. The molecule has 120 valence electrons. The molecule has 0 bridgehead atoms. The van der Waals surface area contributed by atoms with Crippen molar-refractivity contribution >= 4 is 0 Å². The van der Waals surface area contributed by atoms with E-state index in [1.807, 2.05) is 4.68 Å². The number of nitrogens with two attached hydrogens (primary N) is 1. The first-order valence-corrected chi connectivity index (χ1v) is 8.03. The molecule has 3 N–H and O–H groups in total. The van der Waals surface area contributed by atoms with Crippen molar-refractivity contribution in [2.24, 2.45) is 11.8 Å². The molecule has 1 fully saturated rings. The summed E-state index contributed by atoms with van der Waals surface area (Å²) < 4.78 is 7.90. The summed E-state index contributed by atoms with van der Waals surface area (Å²) >= 11 is 0. The van der Waals surface area contributed by atoms with Crippen LogP contribution in [0.15, 0.2) is 6.33 Å². The molecule has 0 aromatic carbocycles. The third kappa shape index (κ3) is 3.62. The van der Waals surface area contributed by atoms with E-state index in [0.717, 1.165) is 44.0 Å². The van der Waals surface area contributed by atoms with Gasteiger partial charge in [-0.3, -0.25) is 16.0 Å². The lowest BCUT2D eigenvalue weighted by Gasteiger charge is -2.43. The number of hydrogen-bond donors (Lipinski definition) is 2. The lowest BCUT2D eigenvalue weighted by atomic mass is 9.74. The molecule has 0 aliphatic heterocycles. The van der Waals surface area contributed by atoms with Gasteiger partial charge < -0.3 is 4.74 Å². The molecular weight excluding hydrogens is 266 g/mol. The van der Waals surface area contributed by atoms with Gasteiger partial charge in [0.05, 0.1) is 11.6 Å². The molecule has 0 spiro atoms. The van der Waals surface area contributed by atoms with Crippen molar-refractivity contribution in [2.75, 3.05) is 7.11 Å². The van der Waals surface area contributed by atoms with Gasteiger partial charge in [-0.2, -0.15) is 5.10 Å². The average molecular weight is 295 g/mol. The van der Waals surface area contributed by atoms with Crippen LogP contribution in [0.3, 0.4) is 0 Å². The zero-order valence-corrected chi connectivity index (χ0v) is 13.5. The first-order chi connectivity index (χ1) is 10.1. The summed E-state index contributed by atoms with van der Waals surface area (Å²) in [4.78, 5) is 4.40. The third-order valence-corrected chi connectivity index (χ3v) is 4.88. The summed E-state index contributed by atoms with van der Waals surface area (Å²) in [6.07, 6.45) is 7.88. The molecule has 6 nitrogen and oxygen atoms in total. The molecule has 0 radical (unpaired) electrons. The van der Waals surface area contributed by atoms with E-state index in [-0.39, 0.29) is 11.6 Å². The second-order valence-corrected chi connectivity index (χ2v) is 6.27. The Morgan fingerprint density at radius 1 is 1.52 bits per heavy atom. The molecule has 1 saturated carbocycles. The van der Waals surface area contributed by atoms with E-state index >= 15 is 0 Å². The van der Waals surface area contributed by atoms with Crippen LogP contribution in [-0.2, 0) is 17.7 Å². The monoisotopic (exact) mass is 295 g/mol. The Morgan fingerprint density at radius 2 is 2.24 bits per heavy atom. The smallest absolute Gasteiger partial charge is 0.138 e. The SMILES string of the molecule is CCCn1ncnc1CC(NN)C1(OC)CCC(C)CC1. The van der Waals surface area contributed by atoms with E-state index in [1.54, 1.807) is 13.4 Å². The largest absolute Gasteiger partial charge is 0.377 e. The fourth-order valence-electron chi connectivity index (χ4n) is 3.37. The Morgan fingerprint density at radius 3 is 2.81 bits per heavy atom. The Kier molecular flexibility index (Phi) is 5.72. The minimum Gasteiger partial charge on any atom is -0.377 e. The number of nitrogens with one attached hydrogen (secondary N) is 1. The predicted molar refractivity (Wildman–Crippen MR) is 82.5 cm³/mol. The normalized spacial score (nSPS) is 27.7. The highest BCUT2D eigenvalue weighted by molar-refractivity contribution is 5.01. The van der Waals surface area contributed by atoms with Crippen molar-refractivity contribution in [1.29, 1.82) is 0 Å². The van der Waals surface area contributed by atoms with Crippen molar-refractivity contribution in [3.63, 3.8) is 0 Å². The molecule has 6 heteroatoms. The zero-order chi connectivity index (χ0) is 15.3. The third-order valence-electron chi connectivity index (χ3n) is 4.88. The standard InChI is InChI=1S/C15H29N5O/c1-4-9-20-14(17-11-18-20)10-13(19-16)15(21-3)7-5-12(2)6-8-15/h11-13,19H,4-10,16H2,1-3H3. The maximum Gasteiger partial charge on any atom is 0.138 e. The first kappa shape index (κ1) is 16.4. The molecule has 1 unspecified atom stereocenters. The highest BCUT2D eigenvalue weighted by Crippen LogP contribution is 2.37. The minimum absolute atomic E-state index is 0.0646. The van der Waals surface area contributed by atoms with Gasteiger partial charge in [-0.15, -0.1) is 0 Å². The van der Waals surface area contributed by atoms with Crippen LogP contribution in [-0.4, -0.2) is 33.5 Å². The maximum atomic E-state index is 5.93. The van der Waals surface area contributed by atoms with Crippen LogP contribution in [0.25, 0.3) is 0 Å². The van der Waals surface area contributed by atoms with Gasteiger partial charge in [-0.1, -0.05) is 13.8 Å². The van der Waals surface area contributed by atoms with Crippen molar-refractivity contribution in [2.45, 2.75) is 70.6 Å². The number of aryl methyl sites for hydroxylation is 1. The van der Waals surface area contributed by atoms with Crippen molar-refractivity contribution < 1.29 is 4.74 Å². The number of aromatic nitrogens is 3. The minimum atomic E-state index is -0.190. The molecule has 1 heterocycles. The number of hydrazine groups is 1. The van der Waals surface area contributed by atoms with Crippen LogP contribution < -0.4 is 11.3 Å². The Hall–Kier alpha value is -0.980. The van der Waals surface area contributed by atoms with Crippen molar-refractivity contribution in [1.82, 2.24) is 20.2 Å². The highest BCUT2D eigenvalue weighted by Gasteiger charge is 2.41. The Labute approximate surface area is 127 Å². The van der Waals surface area contributed by atoms with E-state index in [1.165, 1.54) is 12.8 Å². The van der Waals surface area contributed by atoms with E-state index in [2.05, 4.69) is 29.4 Å². The highest BCUT2D eigenvalue weighted by atomic mass is 16.5. The molecule has 0 amide bonds. The van der Waals surface area contributed by atoms with Gasteiger partial charge in [0.15, 0.2) is 0 Å². The van der Waals surface area contributed by atoms with Crippen molar-refractivity contribution in [3.8, 4) is 0 Å². The molecule has 1 aliphatic rings. The van der Waals surface area contributed by atoms with Gasteiger partial charge in [0.25, 0.3) is 0 Å². The molecular formula is C15H29N5O. The number of nitrogens with zero attached hydrogens (tertiary/aromatic N) is 3. The van der Waals surface area contributed by atoms with E-state index in [4.69, 9.17) is 10.6 Å². The van der Waals surface area contributed by atoms with Crippen LogP contribution in [0.5, 0.6) is 0 Å². The summed E-state index contributed by atoms with van der Waals surface area (Å²) in [5.41, 5.74) is 2.79. The summed E-state index contributed by atoms with van der Waals surface area (Å²) in [7, 11) is 1.80. The number of ether oxygens (including phenoxy) is 1. The average Bonchev–Trinajstić information content (AvgIpc) is 2.94. The lowest BCUT2D eigenvalue weighted by Crippen LogP contribution is -2.57. The fourth-order valence-corrected chi connectivity index (χ4v) is 3.37. The van der Waals surface area contributed by atoms with E-state index in [9.17, 15) is 0 Å². The molecule has 0 saturated heterocycles. The summed E-state index contributed by atoms with van der Waals surface area (Å²) in [6.45, 7) is 5.34. The van der Waals surface area contributed by atoms with Crippen LogP contribution in [0.1, 0.15) is 51.8 Å². The van der Waals surface area contributed by atoms with E-state index in [0.29, 0.717) is 0 Å². The molecule has 1 aromatic heterocycles. The first-order valence-electron chi connectivity index (χ1n) is 8.03. The van der Waals surface area contributed by atoms with Gasteiger partial charge in [0.1, 0.15) is 12.2 Å². The predicted octanol–water partition coefficient (Wildman–Crippen LogP) is 1.66. The van der Waals surface area contributed by atoms with Gasteiger partial charge in [0.2, 0.25) is 0 Å². The number of rotatable bonds is 7. The Bertz CT molecular complexity index is 425. The van der Waals surface area contributed by atoms with Gasteiger partial charge in [0, 0.05) is 20.1 Å². The summed E-state index contributed by atoms with van der Waals surface area (Å²) in [5, 5.41) is 4.30. The lowest BCUT2D eigenvalue weighted by molar-refractivity contribution is -0.0752. The topological polar surface area (TPSA) is 78.0 Å². The van der Waals surface area contributed by atoms with Crippen LogP contribution in [0, 0.1) is 5.92 Å². The quantitative estimate of drug-likeness (QED) is 0.591. The molecule has 1 aliphatic carbocycles. The maximum absolute atomic E-state index is 5.93. The summed E-state index contributed by atoms with van der Waals surface area (Å²) in [6, 6.07) is 0.0646. The number of methoxy groups -OCH3 is 1. The fraction of sp³-hybridized carbons (Fsp3) is 0.867. The second-order valence-electron chi connectivity index (χ2n) is 6.27. The number of hydrogen-bond acceptors (Lipinski definition) is 5. The van der Waals surface area contributed by atoms with Crippen LogP contribution in [0.2, 0.25) is 0 Å².